The number of aromatic hydroxyl groups is 2. The summed E-state index contributed by atoms with van der Waals surface area (Å²) in [5.74, 6) is -1.55. The highest BCUT2D eigenvalue weighted by Crippen LogP contribution is 2.40. The normalized spacial score (nSPS) is 12.6. The number of nitrogens with one attached hydrogen (secondary N) is 1. The van der Waals surface area contributed by atoms with Crippen molar-refractivity contribution >= 4 is 19.2 Å². The maximum atomic E-state index is 12.9. The van der Waals surface area contributed by atoms with Crippen LogP contribution < -0.4 is 5.09 Å². The standard InChI is InChI=1S/C16H18NO6P/c1-2-12(10-5-3-6-11(18)9-10)16(20)15-13(17-24(21,22)23)7-4-8-14(15)19/h3-9,12,18-19H,2H2,1H3,(H3,17,21,22,23). The fraction of sp³-hybridized carbons (Fsp3) is 0.188. The minimum atomic E-state index is -4.65. The van der Waals surface area contributed by atoms with E-state index in [9.17, 15) is 19.6 Å². The number of hydrogen-bond acceptors (Lipinski definition) is 4. The van der Waals surface area contributed by atoms with Gasteiger partial charge in [-0.15, -0.1) is 0 Å². The van der Waals surface area contributed by atoms with Crippen LogP contribution in [-0.2, 0) is 4.57 Å². The van der Waals surface area contributed by atoms with Crippen LogP contribution in [0, 0.1) is 0 Å². The Morgan fingerprint density at radius 2 is 1.83 bits per heavy atom. The van der Waals surface area contributed by atoms with Gasteiger partial charge in [-0.05, 0) is 36.2 Å². The van der Waals surface area contributed by atoms with Gasteiger partial charge < -0.3 is 20.0 Å². The Morgan fingerprint density at radius 1 is 1.17 bits per heavy atom. The molecule has 8 heteroatoms. The number of benzene rings is 2. The van der Waals surface area contributed by atoms with Crippen molar-refractivity contribution in [2.24, 2.45) is 0 Å². The molecule has 0 amide bonds. The van der Waals surface area contributed by atoms with Crippen LogP contribution in [0.2, 0.25) is 0 Å². The summed E-state index contributed by atoms with van der Waals surface area (Å²) in [4.78, 5) is 31.1. The predicted octanol–water partition coefficient (Wildman–Crippen LogP) is 2.98. The molecular formula is C16H18NO6P. The van der Waals surface area contributed by atoms with Gasteiger partial charge in [0.05, 0.1) is 11.3 Å². The molecule has 7 nitrogen and oxygen atoms in total. The Balaban J connectivity index is 2.49. The summed E-state index contributed by atoms with van der Waals surface area (Å²) in [6, 6.07) is 10.1. The maximum absolute atomic E-state index is 12.9. The zero-order valence-corrected chi connectivity index (χ0v) is 13.8. The maximum Gasteiger partial charge on any atom is 0.427 e. The number of carbonyl (C=O) groups is 1. The predicted molar refractivity (Wildman–Crippen MR) is 89.2 cm³/mol. The Kier molecular flexibility index (Phi) is 5.29. The fourth-order valence-electron chi connectivity index (χ4n) is 2.54. The van der Waals surface area contributed by atoms with E-state index in [-0.39, 0.29) is 22.7 Å². The molecule has 0 bridgehead atoms. The van der Waals surface area contributed by atoms with Gasteiger partial charge in [0, 0.05) is 5.92 Å². The van der Waals surface area contributed by atoms with Crippen molar-refractivity contribution in [2.75, 3.05) is 5.09 Å². The largest absolute Gasteiger partial charge is 0.508 e. The van der Waals surface area contributed by atoms with E-state index in [0.717, 1.165) is 0 Å². The molecule has 0 radical (unpaired) electrons. The second-order valence-corrected chi connectivity index (χ2v) is 6.59. The van der Waals surface area contributed by atoms with E-state index in [0.29, 0.717) is 12.0 Å². The summed E-state index contributed by atoms with van der Waals surface area (Å²) >= 11 is 0. The van der Waals surface area contributed by atoms with Crippen molar-refractivity contribution in [3.05, 3.63) is 53.6 Å². The summed E-state index contributed by atoms with van der Waals surface area (Å²) in [6.07, 6.45) is 0.381. The molecule has 128 valence electrons. The van der Waals surface area contributed by atoms with E-state index < -0.39 is 19.4 Å². The van der Waals surface area contributed by atoms with Crippen molar-refractivity contribution in [2.45, 2.75) is 19.3 Å². The van der Waals surface area contributed by atoms with Crippen molar-refractivity contribution < 1.29 is 29.4 Å². The monoisotopic (exact) mass is 351 g/mol. The first kappa shape index (κ1) is 18.0. The van der Waals surface area contributed by atoms with Crippen LogP contribution in [0.3, 0.4) is 0 Å². The van der Waals surface area contributed by atoms with Crippen LogP contribution >= 0.6 is 7.75 Å². The van der Waals surface area contributed by atoms with Crippen LogP contribution in [0.1, 0.15) is 35.2 Å². The van der Waals surface area contributed by atoms with Gasteiger partial charge in [-0.25, -0.2) is 4.57 Å². The zero-order chi connectivity index (χ0) is 17.9. The van der Waals surface area contributed by atoms with Gasteiger partial charge in [0.1, 0.15) is 11.5 Å². The highest BCUT2D eigenvalue weighted by atomic mass is 31.2. The molecular weight excluding hydrogens is 333 g/mol. The van der Waals surface area contributed by atoms with Crippen molar-refractivity contribution in [1.82, 2.24) is 0 Å². The lowest BCUT2D eigenvalue weighted by Crippen LogP contribution is -2.14. The molecule has 1 atom stereocenters. The van der Waals surface area contributed by atoms with E-state index in [2.05, 4.69) is 0 Å². The van der Waals surface area contributed by atoms with E-state index >= 15 is 0 Å². The molecule has 0 saturated carbocycles. The Morgan fingerprint density at radius 3 is 2.42 bits per heavy atom. The van der Waals surface area contributed by atoms with E-state index in [1.54, 1.807) is 19.1 Å². The third-order valence-corrected chi connectivity index (χ3v) is 4.08. The number of carbonyl (C=O) groups excluding carboxylic acids is 1. The van der Waals surface area contributed by atoms with Crippen LogP contribution in [0.4, 0.5) is 5.69 Å². The average Bonchev–Trinajstić information content (AvgIpc) is 2.46. The second kappa shape index (κ2) is 7.05. The van der Waals surface area contributed by atoms with Crippen LogP contribution in [-0.4, -0.2) is 25.8 Å². The molecule has 0 fully saturated rings. The molecule has 0 aromatic heterocycles. The minimum absolute atomic E-state index is 0.00426. The average molecular weight is 351 g/mol. The zero-order valence-electron chi connectivity index (χ0n) is 12.9. The molecule has 0 heterocycles. The molecule has 24 heavy (non-hydrogen) atoms. The Hall–Kier alpha value is -2.34. The number of anilines is 1. The molecule has 0 aliphatic carbocycles. The van der Waals surface area contributed by atoms with Crippen LogP contribution in [0.5, 0.6) is 11.5 Å². The highest BCUT2D eigenvalue weighted by molar-refractivity contribution is 7.53. The number of rotatable bonds is 6. The first-order chi connectivity index (χ1) is 11.2. The minimum Gasteiger partial charge on any atom is -0.508 e. The quantitative estimate of drug-likeness (QED) is 0.400. The number of phenols is 2. The summed E-state index contributed by atoms with van der Waals surface area (Å²) < 4.78 is 11.2. The van der Waals surface area contributed by atoms with Gasteiger partial charge in [0.2, 0.25) is 0 Å². The SMILES string of the molecule is CCC(C(=O)c1c(O)cccc1NP(=O)(O)O)c1cccc(O)c1. The number of hydrogen-bond donors (Lipinski definition) is 5. The molecule has 0 aliphatic heterocycles. The van der Waals surface area contributed by atoms with Gasteiger partial charge >= 0.3 is 7.75 Å². The molecule has 0 spiro atoms. The van der Waals surface area contributed by atoms with Crippen molar-refractivity contribution in [3.63, 3.8) is 0 Å². The molecule has 2 rings (SSSR count). The fourth-order valence-corrected chi connectivity index (χ4v) is 3.04. The summed E-state index contributed by atoms with van der Waals surface area (Å²) in [5, 5.41) is 21.6. The topological polar surface area (TPSA) is 127 Å². The van der Waals surface area contributed by atoms with Crippen molar-refractivity contribution in [3.8, 4) is 11.5 Å². The lowest BCUT2D eigenvalue weighted by molar-refractivity contribution is 0.0955. The molecule has 0 saturated heterocycles. The van der Waals surface area contributed by atoms with Gasteiger partial charge in [-0.1, -0.05) is 25.1 Å². The summed E-state index contributed by atoms with van der Waals surface area (Å²) in [5.41, 5.74) is 0.204. The Bertz CT molecular complexity index is 801. The number of Topliss-reactive ketones (excluding diaryl/α,β-unsaturated/α-hetero) is 1. The van der Waals surface area contributed by atoms with E-state index in [1.165, 1.54) is 30.3 Å². The molecule has 2 aromatic rings. The Labute approximate surface area is 138 Å². The number of phenolic OH excluding ortho intramolecular Hbond substituents is 2. The molecule has 2 aromatic carbocycles. The second-order valence-electron chi connectivity index (χ2n) is 5.28. The first-order valence-corrected chi connectivity index (χ1v) is 8.83. The van der Waals surface area contributed by atoms with E-state index in [4.69, 9.17) is 9.79 Å². The van der Waals surface area contributed by atoms with Gasteiger partial charge in [-0.2, -0.15) is 0 Å². The van der Waals surface area contributed by atoms with Gasteiger partial charge in [0.25, 0.3) is 0 Å². The third-order valence-electron chi connectivity index (χ3n) is 3.55. The van der Waals surface area contributed by atoms with Crippen LogP contribution in [0.15, 0.2) is 42.5 Å². The third kappa shape index (κ3) is 4.14. The summed E-state index contributed by atoms with van der Waals surface area (Å²) in [7, 11) is -4.65. The number of ketones is 1. The van der Waals surface area contributed by atoms with Gasteiger partial charge in [-0.3, -0.25) is 9.88 Å². The van der Waals surface area contributed by atoms with Gasteiger partial charge in [0.15, 0.2) is 5.78 Å². The molecule has 5 N–H and O–H groups in total. The van der Waals surface area contributed by atoms with Crippen molar-refractivity contribution in [1.29, 1.82) is 0 Å². The smallest absolute Gasteiger partial charge is 0.427 e. The van der Waals surface area contributed by atoms with Crippen LogP contribution in [0.25, 0.3) is 0 Å². The lowest BCUT2D eigenvalue weighted by atomic mass is 9.87. The molecule has 1 unspecified atom stereocenters. The molecule has 0 aliphatic rings. The van der Waals surface area contributed by atoms with E-state index in [1.807, 2.05) is 5.09 Å². The summed E-state index contributed by atoms with van der Waals surface area (Å²) in [6.45, 7) is 1.77. The highest BCUT2D eigenvalue weighted by Gasteiger charge is 2.27. The lowest BCUT2D eigenvalue weighted by Gasteiger charge is -2.19. The first-order valence-electron chi connectivity index (χ1n) is 7.22.